The fraction of sp³-hybridized carbons (Fsp3) is 0. The van der Waals surface area contributed by atoms with E-state index in [1.165, 1.54) is 30.3 Å². The molecule has 168 valence electrons. The summed E-state index contributed by atoms with van der Waals surface area (Å²) in [6.45, 7) is 0. The van der Waals surface area contributed by atoms with Gasteiger partial charge in [0.25, 0.3) is 11.6 Å². The summed E-state index contributed by atoms with van der Waals surface area (Å²) in [5.41, 5.74) is 2.15. The van der Waals surface area contributed by atoms with E-state index in [0.717, 1.165) is 5.56 Å². The zero-order chi connectivity index (χ0) is 23.9. The first-order valence-electron chi connectivity index (χ1n) is 10.0. The standard InChI is InChI=1S/C24H17N5O5/c30-21(15-6-16-4-2-1-3-5-16)25-19-11-7-17(8-12-19)22(31)26-24-28-27-23(34-24)18-9-13-20(14-10-18)29(32)33/h1-15H,(H,25,30)(H,26,28,31)/b15-6+. The molecule has 0 aliphatic carbocycles. The Balaban J connectivity index is 1.34. The van der Waals surface area contributed by atoms with Crippen LogP contribution in [0.5, 0.6) is 0 Å². The fourth-order valence-electron chi connectivity index (χ4n) is 2.91. The minimum atomic E-state index is -0.513. The second-order valence-corrected chi connectivity index (χ2v) is 6.98. The number of amides is 2. The van der Waals surface area contributed by atoms with Gasteiger partial charge in [0, 0.05) is 35.0 Å². The van der Waals surface area contributed by atoms with Gasteiger partial charge in [0.1, 0.15) is 0 Å². The predicted octanol–water partition coefficient (Wildman–Crippen LogP) is 4.55. The van der Waals surface area contributed by atoms with Gasteiger partial charge in [0.2, 0.25) is 11.8 Å². The third-order valence-electron chi connectivity index (χ3n) is 4.61. The van der Waals surface area contributed by atoms with Crippen LogP contribution < -0.4 is 10.6 Å². The van der Waals surface area contributed by atoms with E-state index in [4.69, 9.17) is 4.42 Å². The van der Waals surface area contributed by atoms with Crippen LogP contribution in [0.2, 0.25) is 0 Å². The molecule has 1 aromatic heterocycles. The zero-order valence-electron chi connectivity index (χ0n) is 17.5. The molecule has 1 heterocycles. The summed E-state index contributed by atoms with van der Waals surface area (Å²) < 4.78 is 5.41. The highest BCUT2D eigenvalue weighted by Crippen LogP contribution is 2.23. The molecule has 0 spiro atoms. The number of carbonyl (C=O) groups excluding carboxylic acids is 2. The molecular weight excluding hydrogens is 438 g/mol. The summed E-state index contributed by atoms with van der Waals surface area (Å²) in [4.78, 5) is 34.8. The summed E-state index contributed by atoms with van der Waals surface area (Å²) >= 11 is 0. The van der Waals surface area contributed by atoms with Crippen molar-refractivity contribution in [2.45, 2.75) is 0 Å². The second kappa shape index (κ2) is 10.0. The van der Waals surface area contributed by atoms with Crippen molar-refractivity contribution in [2.24, 2.45) is 0 Å². The topological polar surface area (TPSA) is 140 Å². The SMILES string of the molecule is O=C(/C=C/c1ccccc1)Nc1ccc(C(=O)Nc2nnc(-c3ccc([N+](=O)[O-])cc3)o2)cc1. The van der Waals surface area contributed by atoms with Gasteiger partial charge in [0.15, 0.2) is 0 Å². The minimum absolute atomic E-state index is 0.0661. The normalized spacial score (nSPS) is 10.7. The first kappa shape index (κ1) is 22.1. The van der Waals surface area contributed by atoms with Crippen molar-refractivity contribution in [1.82, 2.24) is 10.2 Å². The van der Waals surface area contributed by atoms with E-state index in [2.05, 4.69) is 20.8 Å². The van der Waals surface area contributed by atoms with E-state index in [0.29, 0.717) is 16.8 Å². The molecule has 3 aromatic carbocycles. The smallest absolute Gasteiger partial charge is 0.322 e. The van der Waals surface area contributed by atoms with E-state index >= 15 is 0 Å². The van der Waals surface area contributed by atoms with Crippen LogP contribution in [0.15, 0.2) is 89.4 Å². The Bertz CT molecular complexity index is 1350. The summed E-state index contributed by atoms with van der Waals surface area (Å²) in [5, 5.41) is 23.6. The van der Waals surface area contributed by atoms with Gasteiger partial charge < -0.3 is 9.73 Å². The van der Waals surface area contributed by atoms with Gasteiger partial charge in [-0.25, -0.2) is 0 Å². The molecule has 10 nitrogen and oxygen atoms in total. The Labute approximate surface area is 193 Å². The number of hydrogen-bond donors (Lipinski definition) is 2. The van der Waals surface area contributed by atoms with Crippen molar-refractivity contribution >= 4 is 35.3 Å². The van der Waals surface area contributed by atoms with E-state index in [-0.39, 0.29) is 23.5 Å². The maximum Gasteiger partial charge on any atom is 0.322 e. The Morgan fingerprint density at radius 1 is 0.882 bits per heavy atom. The van der Waals surface area contributed by atoms with Crippen LogP contribution in [0.3, 0.4) is 0 Å². The molecule has 0 atom stereocenters. The maximum atomic E-state index is 12.5. The number of carbonyl (C=O) groups is 2. The largest absolute Gasteiger partial charge is 0.403 e. The molecule has 0 aliphatic heterocycles. The van der Waals surface area contributed by atoms with Crippen LogP contribution >= 0.6 is 0 Å². The fourth-order valence-corrected chi connectivity index (χ4v) is 2.91. The molecule has 0 fully saturated rings. The lowest BCUT2D eigenvalue weighted by molar-refractivity contribution is -0.384. The lowest BCUT2D eigenvalue weighted by atomic mass is 10.2. The van der Waals surface area contributed by atoms with Crippen LogP contribution in [-0.4, -0.2) is 26.9 Å². The first-order valence-corrected chi connectivity index (χ1v) is 10.0. The van der Waals surface area contributed by atoms with Crippen molar-refractivity contribution in [3.63, 3.8) is 0 Å². The van der Waals surface area contributed by atoms with Gasteiger partial charge in [-0.05, 0) is 48.0 Å². The lowest BCUT2D eigenvalue weighted by Gasteiger charge is -2.04. The number of nitro groups is 1. The van der Waals surface area contributed by atoms with Crippen LogP contribution in [0.25, 0.3) is 17.5 Å². The van der Waals surface area contributed by atoms with Gasteiger partial charge in [-0.15, -0.1) is 5.10 Å². The molecule has 0 unspecified atom stereocenters. The van der Waals surface area contributed by atoms with Crippen LogP contribution in [0, 0.1) is 10.1 Å². The van der Waals surface area contributed by atoms with E-state index in [1.54, 1.807) is 30.3 Å². The van der Waals surface area contributed by atoms with Gasteiger partial charge in [0.05, 0.1) is 4.92 Å². The van der Waals surface area contributed by atoms with Gasteiger partial charge >= 0.3 is 6.01 Å². The number of anilines is 2. The third kappa shape index (κ3) is 5.56. The van der Waals surface area contributed by atoms with Gasteiger partial charge in [-0.1, -0.05) is 35.4 Å². The molecule has 0 aliphatic rings. The van der Waals surface area contributed by atoms with Crippen LogP contribution in [-0.2, 0) is 4.79 Å². The average Bonchev–Trinajstić information content (AvgIpc) is 3.32. The van der Waals surface area contributed by atoms with E-state index in [1.807, 2.05) is 30.3 Å². The number of nitrogens with zero attached hydrogens (tertiary/aromatic N) is 3. The Hall–Kier alpha value is -5.12. The number of nitro benzene ring substituents is 1. The zero-order valence-corrected chi connectivity index (χ0v) is 17.5. The van der Waals surface area contributed by atoms with Crippen LogP contribution in [0.1, 0.15) is 15.9 Å². The molecule has 0 radical (unpaired) electrons. The number of aromatic nitrogens is 2. The number of non-ortho nitro benzene ring substituents is 1. The monoisotopic (exact) mass is 455 g/mol. The highest BCUT2D eigenvalue weighted by molar-refractivity contribution is 6.04. The summed E-state index contributed by atoms with van der Waals surface area (Å²) in [5.74, 6) is -0.682. The van der Waals surface area contributed by atoms with Crippen LogP contribution in [0.4, 0.5) is 17.4 Å². The molecule has 4 rings (SSSR count). The molecular formula is C24H17N5O5. The third-order valence-corrected chi connectivity index (χ3v) is 4.61. The van der Waals surface area contributed by atoms with Crippen molar-refractivity contribution in [3.8, 4) is 11.5 Å². The maximum absolute atomic E-state index is 12.5. The second-order valence-electron chi connectivity index (χ2n) is 6.98. The number of hydrogen-bond acceptors (Lipinski definition) is 7. The summed E-state index contributed by atoms with van der Waals surface area (Å²) in [6.07, 6.45) is 3.13. The minimum Gasteiger partial charge on any atom is -0.403 e. The summed E-state index contributed by atoms with van der Waals surface area (Å²) in [6, 6.07) is 21.2. The van der Waals surface area contributed by atoms with Crippen molar-refractivity contribution < 1.29 is 18.9 Å². The number of benzene rings is 3. The first-order chi connectivity index (χ1) is 16.5. The molecule has 10 heteroatoms. The molecule has 0 bridgehead atoms. The molecule has 0 saturated carbocycles. The Morgan fingerprint density at radius 2 is 1.59 bits per heavy atom. The lowest BCUT2D eigenvalue weighted by Crippen LogP contribution is -2.12. The summed E-state index contributed by atoms with van der Waals surface area (Å²) in [7, 11) is 0. The van der Waals surface area contributed by atoms with E-state index < -0.39 is 10.8 Å². The van der Waals surface area contributed by atoms with Crippen molar-refractivity contribution in [2.75, 3.05) is 10.6 Å². The highest BCUT2D eigenvalue weighted by Gasteiger charge is 2.14. The van der Waals surface area contributed by atoms with Crippen molar-refractivity contribution in [1.29, 1.82) is 0 Å². The Morgan fingerprint density at radius 3 is 2.26 bits per heavy atom. The van der Waals surface area contributed by atoms with Crippen molar-refractivity contribution in [3.05, 3.63) is 106 Å². The van der Waals surface area contributed by atoms with E-state index in [9.17, 15) is 19.7 Å². The highest BCUT2D eigenvalue weighted by atomic mass is 16.6. The quantitative estimate of drug-likeness (QED) is 0.237. The molecule has 2 amide bonds. The molecule has 2 N–H and O–H groups in total. The Kier molecular flexibility index (Phi) is 6.50. The molecule has 34 heavy (non-hydrogen) atoms. The number of rotatable bonds is 7. The molecule has 0 saturated heterocycles. The molecule has 4 aromatic rings. The average molecular weight is 455 g/mol. The predicted molar refractivity (Wildman–Crippen MR) is 125 cm³/mol. The van der Waals surface area contributed by atoms with Gasteiger partial charge in [-0.2, -0.15) is 0 Å². The number of nitrogens with one attached hydrogen (secondary N) is 2. The van der Waals surface area contributed by atoms with Gasteiger partial charge in [-0.3, -0.25) is 25.0 Å².